The minimum Gasteiger partial charge on any atom is -0.365 e. The Morgan fingerprint density at radius 3 is 2.62 bits per heavy atom. The molecule has 2 unspecified atom stereocenters. The molecular weight excluding hydrogens is 348 g/mol. The van der Waals surface area contributed by atoms with Crippen molar-refractivity contribution >= 4 is 5.82 Å². The average Bonchev–Trinajstić information content (AvgIpc) is 2.59. The highest BCUT2D eigenvalue weighted by atomic mass is 19.4. The second-order valence-corrected chi connectivity index (χ2v) is 6.57. The lowest BCUT2D eigenvalue weighted by Crippen LogP contribution is -2.42. The van der Waals surface area contributed by atoms with Crippen LogP contribution in [0.2, 0.25) is 0 Å². The maximum Gasteiger partial charge on any atom is 0.434 e. The molecule has 1 aliphatic heterocycles. The summed E-state index contributed by atoms with van der Waals surface area (Å²) in [5.74, 6) is 0.0239. The van der Waals surface area contributed by atoms with Crippen LogP contribution >= 0.6 is 0 Å². The normalized spacial score (nSPS) is 20.8. The summed E-state index contributed by atoms with van der Waals surface area (Å²) in [6, 6.07) is 5.82. The number of alkyl halides is 3. The van der Waals surface area contributed by atoms with Crippen molar-refractivity contribution in [2.45, 2.75) is 32.0 Å². The van der Waals surface area contributed by atoms with Gasteiger partial charge in [-0.2, -0.15) is 13.2 Å². The summed E-state index contributed by atoms with van der Waals surface area (Å²) in [4.78, 5) is 7.79. The Hall–Kier alpha value is -2.22. The van der Waals surface area contributed by atoms with Crippen molar-refractivity contribution in [3.8, 4) is 0 Å². The maximum absolute atomic E-state index is 13.1. The van der Waals surface area contributed by atoms with E-state index in [9.17, 15) is 17.6 Å². The molecule has 1 fully saturated rings. The van der Waals surface area contributed by atoms with Gasteiger partial charge in [-0.05, 0) is 43.1 Å². The zero-order valence-corrected chi connectivity index (χ0v) is 14.3. The van der Waals surface area contributed by atoms with Crippen LogP contribution in [0.15, 0.2) is 30.5 Å². The Balaban J connectivity index is 1.90. The van der Waals surface area contributed by atoms with E-state index in [1.165, 1.54) is 12.1 Å². The van der Waals surface area contributed by atoms with E-state index in [-0.39, 0.29) is 30.0 Å². The van der Waals surface area contributed by atoms with Gasteiger partial charge in [-0.1, -0.05) is 19.1 Å². The first-order valence-electron chi connectivity index (χ1n) is 8.48. The van der Waals surface area contributed by atoms with Crippen molar-refractivity contribution < 1.29 is 17.6 Å². The lowest BCUT2D eigenvalue weighted by atomic mass is 9.95. The monoisotopic (exact) mass is 368 g/mol. The number of benzene rings is 1. The number of hydrogen-bond donors (Lipinski definition) is 2. The van der Waals surface area contributed by atoms with Gasteiger partial charge in [-0.3, -0.25) is 4.98 Å². The highest BCUT2D eigenvalue weighted by Gasteiger charge is 2.34. The highest BCUT2D eigenvalue weighted by molar-refractivity contribution is 5.44. The molecule has 2 N–H and O–H groups in total. The Kier molecular flexibility index (Phi) is 5.41. The first-order chi connectivity index (χ1) is 12.3. The van der Waals surface area contributed by atoms with Crippen molar-refractivity contribution in [3.05, 3.63) is 53.2 Å². The van der Waals surface area contributed by atoms with Crippen molar-refractivity contribution in [2.75, 3.05) is 18.4 Å². The SMILES string of the molecule is CC1CNCCC1Nc1nc(C(F)(F)F)cnc1Cc1ccc(F)cc1. The fraction of sp³-hybridized carbons (Fsp3) is 0.444. The second-order valence-electron chi connectivity index (χ2n) is 6.57. The topological polar surface area (TPSA) is 49.8 Å². The summed E-state index contributed by atoms with van der Waals surface area (Å²) in [7, 11) is 0. The van der Waals surface area contributed by atoms with Crippen LogP contribution in [0.4, 0.5) is 23.4 Å². The first-order valence-corrected chi connectivity index (χ1v) is 8.48. The molecule has 0 spiro atoms. The quantitative estimate of drug-likeness (QED) is 0.809. The summed E-state index contributed by atoms with van der Waals surface area (Å²) in [5, 5.41) is 6.41. The van der Waals surface area contributed by atoms with E-state index >= 15 is 0 Å². The zero-order valence-electron chi connectivity index (χ0n) is 14.3. The lowest BCUT2D eigenvalue weighted by Gasteiger charge is -2.31. The van der Waals surface area contributed by atoms with Gasteiger partial charge in [-0.15, -0.1) is 0 Å². The van der Waals surface area contributed by atoms with Crippen molar-refractivity contribution in [1.29, 1.82) is 0 Å². The molecule has 1 aliphatic rings. The molecule has 3 rings (SSSR count). The first kappa shape index (κ1) is 18.6. The van der Waals surface area contributed by atoms with E-state index in [1.807, 2.05) is 6.92 Å². The molecule has 4 nitrogen and oxygen atoms in total. The maximum atomic E-state index is 13.1. The third-order valence-corrected chi connectivity index (χ3v) is 4.53. The number of anilines is 1. The fourth-order valence-electron chi connectivity index (χ4n) is 3.00. The Labute approximate surface area is 149 Å². The molecule has 1 aromatic heterocycles. The smallest absolute Gasteiger partial charge is 0.365 e. The van der Waals surface area contributed by atoms with Crippen LogP contribution in [-0.4, -0.2) is 29.1 Å². The number of nitrogens with zero attached hydrogens (tertiary/aromatic N) is 2. The highest BCUT2D eigenvalue weighted by Crippen LogP contribution is 2.30. The van der Waals surface area contributed by atoms with Gasteiger partial charge in [0.2, 0.25) is 0 Å². The van der Waals surface area contributed by atoms with Gasteiger partial charge in [0.15, 0.2) is 5.69 Å². The van der Waals surface area contributed by atoms with Crippen LogP contribution in [0.3, 0.4) is 0 Å². The number of nitrogens with one attached hydrogen (secondary N) is 2. The van der Waals surface area contributed by atoms with Crippen LogP contribution in [0, 0.1) is 11.7 Å². The van der Waals surface area contributed by atoms with Crippen LogP contribution in [0.5, 0.6) is 0 Å². The lowest BCUT2D eigenvalue weighted by molar-refractivity contribution is -0.141. The molecule has 2 atom stereocenters. The van der Waals surface area contributed by atoms with E-state index in [2.05, 4.69) is 20.6 Å². The number of hydrogen-bond acceptors (Lipinski definition) is 4. The molecule has 2 aromatic rings. The Morgan fingerprint density at radius 1 is 1.23 bits per heavy atom. The molecule has 1 aromatic carbocycles. The van der Waals surface area contributed by atoms with Gasteiger partial charge in [0.25, 0.3) is 0 Å². The van der Waals surface area contributed by atoms with E-state index in [4.69, 9.17) is 0 Å². The molecular formula is C18H20F4N4. The van der Waals surface area contributed by atoms with Crippen molar-refractivity contribution in [3.63, 3.8) is 0 Å². The van der Waals surface area contributed by atoms with Crippen LogP contribution < -0.4 is 10.6 Å². The molecule has 0 saturated carbocycles. The van der Waals surface area contributed by atoms with E-state index in [1.54, 1.807) is 12.1 Å². The third-order valence-electron chi connectivity index (χ3n) is 4.53. The van der Waals surface area contributed by atoms with Crippen molar-refractivity contribution in [1.82, 2.24) is 15.3 Å². The zero-order chi connectivity index (χ0) is 18.7. The number of halogens is 4. The molecule has 140 valence electrons. The largest absolute Gasteiger partial charge is 0.434 e. The number of aromatic nitrogens is 2. The fourth-order valence-corrected chi connectivity index (χ4v) is 3.00. The van der Waals surface area contributed by atoms with Crippen LogP contribution in [0.25, 0.3) is 0 Å². The molecule has 1 saturated heterocycles. The average molecular weight is 368 g/mol. The summed E-state index contributed by atoms with van der Waals surface area (Å²) in [5.41, 5.74) is 0.140. The van der Waals surface area contributed by atoms with Gasteiger partial charge in [-0.25, -0.2) is 9.37 Å². The Morgan fingerprint density at radius 2 is 1.96 bits per heavy atom. The summed E-state index contributed by atoms with van der Waals surface area (Å²) < 4.78 is 52.2. The van der Waals surface area contributed by atoms with Gasteiger partial charge in [0.05, 0.1) is 11.9 Å². The molecule has 2 heterocycles. The van der Waals surface area contributed by atoms with Gasteiger partial charge >= 0.3 is 6.18 Å². The van der Waals surface area contributed by atoms with Gasteiger partial charge in [0, 0.05) is 12.5 Å². The van der Waals surface area contributed by atoms with Crippen LogP contribution in [-0.2, 0) is 12.6 Å². The molecule has 26 heavy (non-hydrogen) atoms. The standard InChI is InChI=1S/C18H20F4N4/c1-11-9-23-7-6-14(11)25-17-15(8-12-2-4-13(19)5-3-12)24-10-16(26-17)18(20,21)22/h2-5,10-11,14,23H,6-9H2,1H3,(H,25,26). The Bertz CT molecular complexity index is 746. The number of rotatable bonds is 4. The molecule has 0 radical (unpaired) electrons. The molecule has 8 heteroatoms. The van der Waals surface area contributed by atoms with Crippen LogP contribution in [0.1, 0.15) is 30.3 Å². The van der Waals surface area contributed by atoms with E-state index in [0.717, 1.165) is 31.3 Å². The summed E-state index contributed by atoms with van der Waals surface area (Å²) in [6.07, 6.45) is -2.75. The molecule has 0 bridgehead atoms. The third kappa shape index (κ3) is 4.49. The van der Waals surface area contributed by atoms with E-state index in [0.29, 0.717) is 5.69 Å². The second kappa shape index (κ2) is 7.57. The minimum atomic E-state index is -4.56. The summed E-state index contributed by atoms with van der Waals surface area (Å²) >= 11 is 0. The van der Waals surface area contributed by atoms with Gasteiger partial charge < -0.3 is 10.6 Å². The van der Waals surface area contributed by atoms with Gasteiger partial charge in [0.1, 0.15) is 11.6 Å². The predicted molar refractivity (Wildman–Crippen MR) is 90.3 cm³/mol. The van der Waals surface area contributed by atoms with E-state index < -0.39 is 11.9 Å². The molecule has 0 aliphatic carbocycles. The minimum absolute atomic E-state index is 0.0148. The number of piperidine rings is 1. The summed E-state index contributed by atoms with van der Waals surface area (Å²) in [6.45, 7) is 3.61. The van der Waals surface area contributed by atoms with Crippen molar-refractivity contribution in [2.24, 2.45) is 5.92 Å². The molecule has 0 amide bonds. The predicted octanol–water partition coefficient (Wildman–Crippen LogP) is 3.64.